The van der Waals surface area contributed by atoms with Crippen LogP contribution < -0.4 is 11.1 Å². The van der Waals surface area contributed by atoms with Crippen LogP contribution in [-0.4, -0.2) is 17.6 Å². The third-order valence-corrected chi connectivity index (χ3v) is 1.89. The lowest BCUT2D eigenvalue weighted by molar-refractivity contribution is -0.116. The number of carbonyl (C=O) groups is 1. The number of aromatic hydroxyl groups is 1. The Balaban J connectivity index is 2.71. The number of carbonyl (C=O) groups excluding carboxylic acids is 1. The number of benzene rings is 1. The van der Waals surface area contributed by atoms with Crippen LogP contribution in [0.5, 0.6) is 5.75 Å². The molecule has 0 saturated carbocycles. The Bertz CT molecular complexity index is 425. The molecule has 0 aliphatic carbocycles. The van der Waals surface area contributed by atoms with Crippen LogP contribution in [0.3, 0.4) is 0 Å². The molecule has 0 atom stereocenters. The zero-order valence-electron chi connectivity index (χ0n) is 8.81. The first-order valence-electron chi connectivity index (χ1n) is 4.79. The van der Waals surface area contributed by atoms with E-state index in [2.05, 4.69) is 11.9 Å². The lowest BCUT2D eigenvalue weighted by atomic mass is 10.1. The van der Waals surface area contributed by atoms with Crippen LogP contribution in [0.25, 0.3) is 6.08 Å². The molecule has 1 aromatic carbocycles. The molecule has 0 aromatic heterocycles. The van der Waals surface area contributed by atoms with Gasteiger partial charge in [0.1, 0.15) is 5.75 Å². The van der Waals surface area contributed by atoms with Crippen LogP contribution in [0.15, 0.2) is 36.9 Å². The maximum atomic E-state index is 11.2. The van der Waals surface area contributed by atoms with Gasteiger partial charge in [-0.2, -0.15) is 0 Å². The Morgan fingerprint density at radius 1 is 1.56 bits per heavy atom. The average Bonchev–Trinajstić information content (AvgIpc) is 2.27. The first-order chi connectivity index (χ1) is 7.63. The van der Waals surface area contributed by atoms with Crippen LogP contribution in [0.2, 0.25) is 0 Å². The Hall–Kier alpha value is -2.23. The summed E-state index contributed by atoms with van der Waals surface area (Å²) in [5, 5.41) is 12.0. The molecular formula is C12H14N2O2. The van der Waals surface area contributed by atoms with E-state index in [4.69, 9.17) is 5.73 Å². The topological polar surface area (TPSA) is 75.4 Å². The minimum absolute atomic E-state index is 0.0852. The van der Waals surface area contributed by atoms with Crippen LogP contribution in [0.1, 0.15) is 5.56 Å². The Labute approximate surface area is 94.1 Å². The van der Waals surface area contributed by atoms with E-state index in [1.807, 2.05) is 0 Å². The Kier molecular flexibility index (Phi) is 4.15. The smallest absolute Gasteiger partial charge is 0.244 e. The molecule has 0 saturated heterocycles. The van der Waals surface area contributed by atoms with Crippen molar-refractivity contribution in [3.63, 3.8) is 0 Å². The van der Waals surface area contributed by atoms with Crippen molar-refractivity contribution in [2.45, 2.75) is 0 Å². The summed E-state index contributed by atoms with van der Waals surface area (Å²) in [6, 6.07) is 4.66. The fourth-order valence-electron chi connectivity index (χ4n) is 1.10. The molecule has 1 rings (SSSR count). The van der Waals surface area contributed by atoms with E-state index in [0.717, 1.165) is 0 Å². The number of nitrogen functional groups attached to an aromatic ring is 1. The number of hydrogen-bond acceptors (Lipinski definition) is 3. The van der Waals surface area contributed by atoms with Gasteiger partial charge in [0.25, 0.3) is 0 Å². The minimum Gasteiger partial charge on any atom is -0.507 e. The number of phenolic OH excluding ortho intramolecular Hbond substituents is 1. The molecule has 0 aliphatic rings. The van der Waals surface area contributed by atoms with E-state index >= 15 is 0 Å². The molecule has 0 spiro atoms. The molecule has 0 aliphatic heterocycles. The Morgan fingerprint density at radius 2 is 2.31 bits per heavy atom. The molecule has 1 amide bonds. The van der Waals surface area contributed by atoms with Crippen molar-refractivity contribution < 1.29 is 9.90 Å². The molecule has 16 heavy (non-hydrogen) atoms. The molecule has 0 heterocycles. The van der Waals surface area contributed by atoms with Crippen molar-refractivity contribution in [1.82, 2.24) is 5.32 Å². The van der Waals surface area contributed by atoms with Crippen LogP contribution in [-0.2, 0) is 4.79 Å². The highest BCUT2D eigenvalue weighted by Crippen LogP contribution is 2.20. The molecule has 0 radical (unpaired) electrons. The fraction of sp³-hybridized carbons (Fsp3) is 0.0833. The summed E-state index contributed by atoms with van der Waals surface area (Å²) in [6.07, 6.45) is 4.42. The molecule has 0 fully saturated rings. The maximum Gasteiger partial charge on any atom is 0.244 e. The highest BCUT2D eigenvalue weighted by molar-refractivity contribution is 5.92. The third kappa shape index (κ3) is 3.49. The van der Waals surface area contributed by atoms with E-state index in [1.54, 1.807) is 18.2 Å². The van der Waals surface area contributed by atoms with Crippen molar-refractivity contribution >= 4 is 17.7 Å². The lowest BCUT2D eigenvalue weighted by Gasteiger charge is -2.00. The number of hydrogen-bond donors (Lipinski definition) is 3. The molecular weight excluding hydrogens is 204 g/mol. The molecule has 4 heteroatoms. The molecule has 0 unspecified atom stereocenters. The van der Waals surface area contributed by atoms with Gasteiger partial charge in [0.2, 0.25) is 5.91 Å². The second kappa shape index (κ2) is 5.60. The molecule has 1 aromatic rings. The number of nitrogens with two attached hydrogens (primary N) is 1. The maximum absolute atomic E-state index is 11.2. The summed E-state index contributed by atoms with van der Waals surface area (Å²) in [5.74, 6) is -0.163. The van der Waals surface area contributed by atoms with Gasteiger partial charge in [-0.25, -0.2) is 0 Å². The first-order valence-corrected chi connectivity index (χ1v) is 4.79. The largest absolute Gasteiger partial charge is 0.507 e. The number of rotatable bonds is 4. The van der Waals surface area contributed by atoms with Gasteiger partial charge in [0, 0.05) is 23.9 Å². The van der Waals surface area contributed by atoms with Gasteiger partial charge in [-0.1, -0.05) is 6.08 Å². The highest BCUT2D eigenvalue weighted by Gasteiger charge is 1.98. The van der Waals surface area contributed by atoms with Crippen molar-refractivity contribution in [2.75, 3.05) is 12.3 Å². The summed E-state index contributed by atoms with van der Waals surface area (Å²) in [7, 11) is 0. The van der Waals surface area contributed by atoms with Crippen molar-refractivity contribution in [3.05, 3.63) is 42.5 Å². The number of nitrogens with one attached hydrogen (secondary N) is 1. The van der Waals surface area contributed by atoms with E-state index in [1.165, 1.54) is 18.2 Å². The van der Waals surface area contributed by atoms with Gasteiger partial charge in [-0.3, -0.25) is 4.79 Å². The van der Waals surface area contributed by atoms with Gasteiger partial charge in [0.05, 0.1) is 0 Å². The number of anilines is 1. The van der Waals surface area contributed by atoms with E-state index in [0.29, 0.717) is 17.8 Å². The lowest BCUT2D eigenvalue weighted by Crippen LogP contribution is -2.20. The van der Waals surface area contributed by atoms with Crippen molar-refractivity contribution in [3.8, 4) is 5.75 Å². The SMILES string of the molecule is C=CCNC(=O)/C=C/c1cc(N)ccc1O. The second-order valence-electron chi connectivity index (χ2n) is 3.19. The van der Waals surface area contributed by atoms with E-state index < -0.39 is 0 Å². The summed E-state index contributed by atoms with van der Waals surface area (Å²) in [6.45, 7) is 3.89. The summed E-state index contributed by atoms with van der Waals surface area (Å²) < 4.78 is 0. The summed E-state index contributed by atoms with van der Waals surface area (Å²) >= 11 is 0. The first kappa shape index (κ1) is 11.8. The monoisotopic (exact) mass is 218 g/mol. The minimum atomic E-state index is -0.248. The molecule has 0 bridgehead atoms. The zero-order chi connectivity index (χ0) is 12.0. The zero-order valence-corrected chi connectivity index (χ0v) is 8.81. The molecule has 84 valence electrons. The van der Waals surface area contributed by atoms with Gasteiger partial charge < -0.3 is 16.2 Å². The van der Waals surface area contributed by atoms with Gasteiger partial charge in [-0.15, -0.1) is 6.58 Å². The molecule has 4 nitrogen and oxygen atoms in total. The van der Waals surface area contributed by atoms with Crippen LogP contribution >= 0.6 is 0 Å². The Morgan fingerprint density at radius 3 is 3.00 bits per heavy atom. The normalized spacial score (nSPS) is 10.2. The summed E-state index contributed by atoms with van der Waals surface area (Å²) in [5.41, 5.74) is 6.59. The second-order valence-corrected chi connectivity index (χ2v) is 3.19. The summed E-state index contributed by atoms with van der Waals surface area (Å²) in [4.78, 5) is 11.2. The van der Waals surface area contributed by atoms with Crippen molar-refractivity contribution in [2.24, 2.45) is 0 Å². The van der Waals surface area contributed by atoms with E-state index in [9.17, 15) is 9.90 Å². The molecule has 4 N–H and O–H groups in total. The number of phenols is 1. The highest BCUT2D eigenvalue weighted by atomic mass is 16.3. The van der Waals surface area contributed by atoms with Crippen LogP contribution in [0, 0.1) is 0 Å². The van der Waals surface area contributed by atoms with Gasteiger partial charge in [0.15, 0.2) is 0 Å². The quantitative estimate of drug-likeness (QED) is 0.308. The van der Waals surface area contributed by atoms with Crippen LogP contribution in [0.4, 0.5) is 5.69 Å². The third-order valence-electron chi connectivity index (χ3n) is 1.89. The van der Waals surface area contributed by atoms with Crippen molar-refractivity contribution in [1.29, 1.82) is 0 Å². The van der Waals surface area contributed by atoms with Gasteiger partial charge >= 0.3 is 0 Å². The average molecular weight is 218 g/mol. The number of amides is 1. The van der Waals surface area contributed by atoms with E-state index in [-0.39, 0.29) is 11.7 Å². The standard InChI is InChI=1S/C12H14N2O2/c1-2-7-14-12(16)6-3-9-8-10(13)4-5-11(9)15/h2-6,8,15H,1,7,13H2,(H,14,16)/b6-3+. The predicted molar refractivity (Wildman–Crippen MR) is 64.8 cm³/mol. The fourth-order valence-corrected chi connectivity index (χ4v) is 1.10. The van der Waals surface area contributed by atoms with Gasteiger partial charge in [-0.05, 0) is 24.3 Å². The predicted octanol–water partition coefficient (Wildman–Crippen LogP) is 1.29.